The molecular weight excluding hydrogens is 496 g/mol. The van der Waals surface area contributed by atoms with Gasteiger partial charge in [0.1, 0.15) is 5.82 Å². The summed E-state index contributed by atoms with van der Waals surface area (Å²) in [5, 5.41) is 6.82. The zero-order valence-corrected chi connectivity index (χ0v) is 20.6. The van der Waals surface area contributed by atoms with E-state index in [1.807, 2.05) is 25.1 Å². The molecule has 1 aliphatic heterocycles. The van der Waals surface area contributed by atoms with Gasteiger partial charge >= 0.3 is 0 Å². The van der Waals surface area contributed by atoms with Crippen LogP contribution in [0.3, 0.4) is 0 Å². The van der Waals surface area contributed by atoms with Gasteiger partial charge in [0.05, 0.1) is 6.04 Å². The van der Waals surface area contributed by atoms with E-state index < -0.39 is 0 Å². The summed E-state index contributed by atoms with van der Waals surface area (Å²) in [6.45, 7) is 2.15. The third kappa shape index (κ3) is 6.54. The molecule has 1 heterocycles. The molecule has 1 aromatic rings. The van der Waals surface area contributed by atoms with E-state index in [-0.39, 0.29) is 47.8 Å². The molecule has 2 aliphatic rings. The van der Waals surface area contributed by atoms with Crippen molar-refractivity contribution >= 4 is 35.8 Å². The van der Waals surface area contributed by atoms with Crippen LogP contribution >= 0.6 is 24.0 Å². The van der Waals surface area contributed by atoms with Crippen molar-refractivity contribution in [3.8, 4) is 0 Å². The van der Waals surface area contributed by atoms with E-state index in [2.05, 4.69) is 20.5 Å². The average Bonchev–Trinajstić information content (AvgIpc) is 3.39. The van der Waals surface area contributed by atoms with Crippen LogP contribution in [-0.4, -0.2) is 68.5 Å². The van der Waals surface area contributed by atoms with Gasteiger partial charge in [0, 0.05) is 38.6 Å². The van der Waals surface area contributed by atoms with Crippen molar-refractivity contribution in [3.05, 3.63) is 35.6 Å². The lowest BCUT2D eigenvalue weighted by molar-refractivity contribution is -0.134. The van der Waals surface area contributed by atoms with E-state index in [0.717, 1.165) is 37.9 Å². The standard InChI is InChI=1S/C22H34FN5O.HI/c1-24-22(25-14-20(27(2)3)17-9-6-10-18(23)13-17)26-19-11-12-28(15-19)21(29)16-7-4-5-8-16;/h6,9-10,13,16,19-20H,4-5,7-8,11-12,14-15H2,1-3H3,(H2,24,25,26);1H. The van der Waals surface area contributed by atoms with Gasteiger partial charge in [-0.3, -0.25) is 9.79 Å². The third-order valence-corrected chi connectivity index (χ3v) is 6.09. The van der Waals surface area contributed by atoms with Crippen LogP contribution in [0.15, 0.2) is 29.3 Å². The monoisotopic (exact) mass is 531 g/mol. The molecule has 0 aromatic heterocycles. The second kappa shape index (κ2) is 11.8. The van der Waals surface area contributed by atoms with Crippen molar-refractivity contribution in [3.63, 3.8) is 0 Å². The van der Waals surface area contributed by atoms with Gasteiger partial charge in [-0.2, -0.15) is 0 Å². The number of aliphatic imine (C=N–C) groups is 1. The van der Waals surface area contributed by atoms with Gasteiger partial charge in [-0.15, -0.1) is 24.0 Å². The van der Waals surface area contributed by atoms with E-state index in [4.69, 9.17) is 0 Å². The summed E-state index contributed by atoms with van der Waals surface area (Å²) >= 11 is 0. The predicted octanol–water partition coefficient (Wildman–Crippen LogP) is 3.00. The van der Waals surface area contributed by atoms with Gasteiger partial charge in [0.2, 0.25) is 5.91 Å². The third-order valence-electron chi connectivity index (χ3n) is 6.09. The Morgan fingerprint density at radius 1 is 1.30 bits per heavy atom. The quantitative estimate of drug-likeness (QED) is 0.337. The first-order chi connectivity index (χ1) is 14.0. The molecule has 1 aromatic carbocycles. The summed E-state index contributed by atoms with van der Waals surface area (Å²) in [5.41, 5.74) is 0.923. The number of rotatable bonds is 6. The molecule has 2 N–H and O–H groups in total. The van der Waals surface area contributed by atoms with Crippen LogP contribution in [0.1, 0.15) is 43.7 Å². The normalized spacial score (nSPS) is 20.9. The first kappa shape index (κ1) is 24.8. The minimum absolute atomic E-state index is 0. The van der Waals surface area contributed by atoms with Gasteiger partial charge in [-0.05, 0) is 51.1 Å². The molecule has 8 heteroatoms. The maximum Gasteiger partial charge on any atom is 0.225 e. The number of likely N-dealkylation sites (tertiary alicyclic amines) is 1. The Labute approximate surface area is 196 Å². The van der Waals surface area contributed by atoms with Gasteiger partial charge < -0.3 is 20.4 Å². The number of hydrogen-bond donors (Lipinski definition) is 2. The van der Waals surface area contributed by atoms with Crippen molar-refractivity contribution in [1.29, 1.82) is 0 Å². The molecule has 0 spiro atoms. The topological polar surface area (TPSA) is 60.0 Å². The van der Waals surface area contributed by atoms with E-state index in [9.17, 15) is 9.18 Å². The maximum absolute atomic E-state index is 13.6. The lowest BCUT2D eigenvalue weighted by Crippen LogP contribution is -2.47. The summed E-state index contributed by atoms with van der Waals surface area (Å²) in [4.78, 5) is 21.1. The lowest BCUT2D eigenvalue weighted by atomic mass is 10.1. The van der Waals surface area contributed by atoms with Crippen LogP contribution < -0.4 is 10.6 Å². The second-order valence-corrected chi connectivity index (χ2v) is 8.38. The Hall–Kier alpha value is -1.42. The molecule has 0 bridgehead atoms. The minimum atomic E-state index is -0.227. The molecule has 3 rings (SSSR count). The summed E-state index contributed by atoms with van der Waals surface area (Å²) in [5.74, 6) is 1.05. The molecule has 2 fully saturated rings. The fourth-order valence-electron chi connectivity index (χ4n) is 4.40. The van der Waals surface area contributed by atoms with Crippen molar-refractivity contribution < 1.29 is 9.18 Å². The zero-order valence-electron chi connectivity index (χ0n) is 18.2. The van der Waals surface area contributed by atoms with E-state index in [1.54, 1.807) is 19.2 Å². The van der Waals surface area contributed by atoms with Crippen LogP contribution in [0.25, 0.3) is 0 Å². The van der Waals surface area contributed by atoms with Crippen LogP contribution in [-0.2, 0) is 4.79 Å². The molecule has 0 radical (unpaired) electrons. The Morgan fingerprint density at radius 2 is 2.03 bits per heavy atom. The van der Waals surface area contributed by atoms with Crippen molar-refractivity contribution in [2.45, 2.75) is 44.2 Å². The molecule has 1 amide bonds. The van der Waals surface area contributed by atoms with Crippen LogP contribution in [0.4, 0.5) is 4.39 Å². The van der Waals surface area contributed by atoms with Gasteiger partial charge in [0.15, 0.2) is 5.96 Å². The summed E-state index contributed by atoms with van der Waals surface area (Å²) < 4.78 is 13.6. The van der Waals surface area contributed by atoms with E-state index in [0.29, 0.717) is 18.4 Å². The maximum atomic E-state index is 13.6. The molecule has 168 valence electrons. The Balaban J connectivity index is 0.00000320. The number of carbonyl (C=O) groups excluding carboxylic acids is 1. The number of likely N-dealkylation sites (N-methyl/N-ethyl adjacent to an activating group) is 1. The number of halogens is 2. The highest BCUT2D eigenvalue weighted by Gasteiger charge is 2.32. The predicted molar refractivity (Wildman–Crippen MR) is 130 cm³/mol. The summed E-state index contributed by atoms with van der Waals surface area (Å²) in [6, 6.07) is 6.94. The van der Waals surface area contributed by atoms with Gasteiger partial charge in [0.25, 0.3) is 0 Å². The highest BCUT2D eigenvalue weighted by molar-refractivity contribution is 14.0. The fourth-order valence-corrected chi connectivity index (χ4v) is 4.40. The average molecular weight is 531 g/mol. The Morgan fingerprint density at radius 3 is 2.67 bits per heavy atom. The number of nitrogens with zero attached hydrogens (tertiary/aromatic N) is 3. The summed E-state index contributed by atoms with van der Waals surface area (Å²) in [6.07, 6.45) is 5.38. The molecule has 2 atom stereocenters. The number of amides is 1. The highest BCUT2D eigenvalue weighted by atomic mass is 127. The number of guanidine groups is 1. The van der Waals surface area contributed by atoms with E-state index >= 15 is 0 Å². The van der Waals surface area contributed by atoms with E-state index in [1.165, 1.54) is 18.9 Å². The van der Waals surface area contributed by atoms with Crippen molar-refractivity contribution in [2.75, 3.05) is 40.8 Å². The van der Waals surface area contributed by atoms with Crippen LogP contribution in [0.5, 0.6) is 0 Å². The molecule has 6 nitrogen and oxygen atoms in total. The largest absolute Gasteiger partial charge is 0.354 e. The first-order valence-electron chi connectivity index (χ1n) is 10.7. The smallest absolute Gasteiger partial charge is 0.225 e. The molecule has 1 saturated carbocycles. The Kier molecular flexibility index (Phi) is 9.80. The van der Waals surface area contributed by atoms with Crippen LogP contribution in [0, 0.1) is 11.7 Å². The number of hydrogen-bond acceptors (Lipinski definition) is 3. The highest BCUT2D eigenvalue weighted by Crippen LogP contribution is 2.27. The first-order valence-corrected chi connectivity index (χ1v) is 10.7. The number of benzene rings is 1. The second-order valence-electron chi connectivity index (χ2n) is 8.38. The molecule has 2 unspecified atom stereocenters. The molecule has 1 saturated heterocycles. The minimum Gasteiger partial charge on any atom is -0.354 e. The van der Waals surface area contributed by atoms with Crippen molar-refractivity contribution in [2.24, 2.45) is 10.9 Å². The lowest BCUT2D eigenvalue weighted by Gasteiger charge is -2.27. The molecular formula is C22H35FIN5O. The van der Waals surface area contributed by atoms with Gasteiger partial charge in [-0.1, -0.05) is 25.0 Å². The molecule has 30 heavy (non-hydrogen) atoms. The number of carbonyl (C=O) groups is 1. The SMILES string of the molecule is CN=C(NCC(c1cccc(F)c1)N(C)C)NC1CCN(C(=O)C2CCCC2)C1.I. The van der Waals surface area contributed by atoms with Gasteiger partial charge in [-0.25, -0.2) is 4.39 Å². The Bertz CT molecular complexity index is 723. The molecule has 1 aliphatic carbocycles. The fraction of sp³-hybridized carbons (Fsp3) is 0.636. The van der Waals surface area contributed by atoms with Crippen molar-refractivity contribution in [1.82, 2.24) is 20.4 Å². The van der Waals surface area contributed by atoms with Crippen LogP contribution in [0.2, 0.25) is 0 Å². The zero-order chi connectivity index (χ0) is 20.8. The summed E-state index contributed by atoms with van der Waals surface area (Å²) in [7, 11) is 5.71. The number of nitrogens with one attached hydrogen (secondary N) is 2.